The van der Waals surface area contributed by atoms with Crippen LogP contribution < -0.4 is 0 Å². The third-order valence-electron chi connectivity index (χ3n) is 2.93. The van der Waals surface area contributed by atoms with E-state index < -0.39 is 18.1 Å². The molecule has 1 heterocycles. The van der Waals surface area contributed by atoms with Gasteiger partial charge in [-0.25, -0.2) is 9.59 Å². The summed E-state index contributed by atoms with van der Waals surface area (Å²) in [4.78, 5) is 24.1. The summed E-state index contributed by atoms with van der Waals surface area (Å²) < 4.78 is 4.61. The van der Waals surface area contributed by atoms with Crippen LogP contribution in [0.2, 0.25) is 0 Å². The maximum atomic E-state index is 11.5. The number of methoxy groups -OCH3 is 1. The van der Waals surface area contributed by atoms with Crippen LogP contribution in [-0.2, 0) is 16.0 Å². The van der Waals surface area contributed by atoms with Crippen molar-refractivity contribution in [3.05, 3.63) is 35.4 Å². The van der Waals surface area contributed by atoms with Crippen LogP contribution in [0.1, 0.15) is 17.2 Å². The second-order valence-electron chi connectivity index (χ2n) is 3.85. The molecule has 1 atom stereocenters. The standard InChI is InChI=1S/C12H13NO4/c1-17-12(16)13-7-6-8-4-2-3-5-9(8)10(13)11(14)15/h2-5,10H,6-7H2,1H3,(H,14,15)/t10-/m0/s1. The van der Waals surface area contributed by atoms with Gasteiger partial charge in [-0.15, -0.1) is 0 Å². The van der Waals surface area contributed by atoms with Crippen LogP contribution in [0.25, 0.3) is 0 Å². The number of carbonyl (C=O) groups is 2. The average Bonchev–Trinajstić information content (AvgIpc) is 2.36. The number of fused-ring (bicyclic) bond motifs is 1. The third kappa shape index (κ3) is 1.95. The number of carbonyl (C=O) groups excluding carboxylic acids is 1. The molecule has 1 aromatic carbocycles. The highest BCUT2D eigenvalue weighted by Gasteiger charge is 2.36. The van der Waals surface area contributed by atoms with Gasteiger partial charge in [0.1, 0.15) is 0 Å². The number of nitrogens with zero attached hydrogens (tertiary/aromatic N) is 1. The van der Waals surface area contributed by atoms with Crippen LogP contribution in [0.4, 0.5) is 4.79 Å². The highest BCUT2D eigenvalue weighted by molar-refractivity contribution is 5.82. The summed E-state index contributed by atoms with van der Waals surface area (Å²) in [6.07, 6.45) is 0.0432. The number of rotatable bonds is 1. The Morgan fingerprint density at radius 3 is 2.76 bits per heavy atom. The molecule has 1 aromatic rings. The first kappa shape index (κ1) is 11.4. The Kier molecular flexibility index (Phi) is 2.99. The van der Waals surface area contributed by atoms with Crippen molar-refractivity contribution in [3.63, 3.8) is 0 Å². The quantitative estimate of drug-likeness (QED) is 0.799. The Morgan fingerprint density at radius 1 is 1.41 bits per heavy atom. The summed E-state index contributed by atoms with van der Waals surface area (Å²) in [5.41, 5.74) is 1.64. The number of ether oxygens (including phenoxy) is 1. The van der Waals surface area contributed by atoms with E-state index in [-0.39, 0.29) is 0 Å². The lowest BCUT2D eigenvalue weighted by Crippen LogP contribution is -2.43. The van der Waals surface area contributed by atoms with Crippen molar-refractivity contribution in [3.8, 4) is 0 Å². The third-order valence-corrected chi connectivity index (χ3v) is 2.93. The lowest BCUT2D eigenvalue weighted by molar-refractivity contribution is -0.143. The van der Waals surface area contributed by atoms with Crippen molar-refractivity contribution in [2.45, 2.75) is 12.5 Å². The molecule has 0 saturated carbocycles. The Hall–Kier alpha value is -2.04. The summed E-state index contributed by atoms with van der Waals surface area (Å²) in [5, 5.41) is 9.25. The molecule has 0 radical (unpaired) electrons. The van der Waals surface area contributed by atoms with Gasteiger partial charge in [0, 0.05) is 6.54 Å². The number of benzene rings is 1. The number of carboxylic acids is 1. The lowest BCUT2D eigenvalue weighted by atomic mass is 9.93. The molecule has 0 fully saturated rings. The lowest BCUT2D eigenvalue weighted by Gasteiger charge is -2.33. The molecule has 1 aliphatic heterocycles. The number of aliphatic carboxylic acids is 1. The smallest absolute Gasteiger partial charge is 0.410 e. The van der Waals surface area contributed by atoms with Gasteiger partial charge in [0.05, 0.1) is 7.11 Å². The zero-order valence-corrected chi connectivity index (χ0v) is 9.42. The number of carboxylic acid groups (broad SMARTS) is 1. The molecule has 0 unspecified atom stereocenters. The normalized spacial score (nSPS) is 18.4. The molecule has 0 aromatic heterocycles. The maximum absolute atomic E-state index is 11.5. The van der Waals surface area contributed by atoms with Gasteiger partial charge in [-0.3, -0.25) is 4.90 Å². The molecular weight excluding hydrogens is 222 g/mol. The van der Waals surface area contributed by atoms with E-state index in [9.17, 15) is 14.7 Å². The van der Waals surface area contributed by atoms with Crippen molar-refractivity contribution in [1.29, 1.82) is 0 Å². The van der Waals surface area contributed by atoms with E-state index in [0.29, 0.717) is 18.5 Å². The minimum absolute atomic E-state index is 0.362. The second-order valence-corrected chi connectivity index (χ2v) is 3.85. The number of amides is 1. The Labute approximate surface area is 98.6 Å². The van der Waals surface area contributed by atoms with E-state index in [4.69, 9.17) is 0 Å². The zero-order chi connectivity index (χ0) is 12.4. The molecule has 0 bridgehead atoms. The van der Waals surface area contributed by atoms with E-state index in [2.05, 4.69) is 4.74 Å². The predicted octanol–water partition coefficient (Wildman–Crippen LogP) is 1.44. The first-order valence-corrected chi connectivity index (χ1v) is 5.30. The Morgan fingerprint density at radius 2 is 2.12 bits per heavy atom. The van der Waals surface area contributed by atoms with Gasteiger partial charge in [-0.1, -0.05) is 24.3 Å². The molecular formula is C12H13NO4. The SMILES string of the molecule is COC(=O)N1CCc2ccccc2[C@H]1C(=O)O. The van der Waals surface area contributed by atoms with Crippen LogP contribution in [-0.4, -0.2) is 35.7 Å². The van der Waals surface area contributed by atoms with Crippen LogP contribution >= 0.6 is 0 Å². The molecule has 2 rings (SSSR count). The van der Waals surface area contributed by atoms with Gasteiger partial charge in [0.25, 0.3) is 0 Å². The van der Waals surface area contributed by atoms with E-state index in [0.717, 1.165) is 5.56 Å². The highest BCUT2D eigenvalue weighted by Crippen LogP contribution is 2.30. The summed E-state index contributed by atoms with van der Waals surface area (Å²) in [7, 11) is 1.25. The minimum atomic E-state index is -1.04. The molecule has 0 saturated heterocycles. The molecule has 17 heavy (non-hydrogen) atoms. The number of hydrogen-bond acceptors (Lipinski definition) is 3. The first-order chi connectivity index (χ1) is 8.15. The van der Waals surface area contributed by atoms with E-state index in [1.54, 1.807) is 12.1 Å². The zero-order valence-electron chi connectivity index (χ0n) is 9.42. The van der Waals surface area contributed by atoms with Crippen LogP contribution in [0.3, 0.4) is 0 Å². The summed E-state index contributed by atoms with van der Waals surface area (Å²) in [5.74, 6) is -1.04. The highest BCUT2D eigenvalue weighted by atomic mass is 16.5. The molecule has 5 nitrogen and oxygen atoms in total. The molecule has 5 heteroatoms. The molecule has 90 valence electrons. The predicted molar refractivity (Wildman–Crippen MR) is 59.6 cm³/mol. The second kappa shape index (κ2) is 4.45. The van der Waals surface area contributed by atoms with Crippen molar-refractivity contribution in [1.82, 2.24) is 4.90 Å². The van der Waals surface area contributed by atoms with Crippen molar-refractivity contribution in [2.24, 2.45) is 0 Å². The van der Waals surface area contributed by atoms with E-state index in [1.165, 1.54) is 12.0 Å². The average molecular weight is 235 g/mol. The summed E-state index contributed by atoms with van der Waals surface area (Å²) in [6, 6.07) is 6.32. The minimum Gasteiger partial charge on any atom is -0.479 e. The Balaban J connectivity index is 2.43. The monoisotopic (exact) mass is 235 g/mol. The number of hydrogen-bond donors (Lipinski definition) is 1. The van der Waals surface area contributed by atoms with Crippen molar-refractivity contribution < 1.29 is 19.4 Å². The van der Waals surface area contributed by atoms with Crippen LogP contribution in [0.5, 0.6) is 0 Å². The first-order valence-electron chi connectivity index (χ1n) is 5.30. The summed E-state index contributed by atoms with van der Waals surface area (Å²) >= 11 is 0. The van der Waals surface area contributed by atoms with Crippen molar-refractivity contribution >= 4 is 12.1 Å². The fourth-order valence-electron chi connectivity index (χ4n) is 2.15. The van der Waals surface area contributed by atoms with Crippen molar-refractivity contribution in [2.75, 3.05) is 13.7 Å². The molecule has 1 N–H and O–H groups in total. The van der Waals surface area contributed by atoms with Crippen LogP contribution in [0.15, 0.2) is 24.3 Å². The molecule has 1 amide bonds. The van der Waals surface area contributed by atoms with E-state index in [1.807, 2.05) is 12.1 Å². The van der Waals surface area contributed by atoms with E-state index >= 15 is 0 Å². The van der Waals surface area contributed by atoms with Gasteiger partial charge < -0.3 is 9.84 Å². The van der Waals surface area contributed by atoms with Gasteiger partial charge in [-0.2, -0.15) is 0 Å². The largest absolute Gasteiger partial charge is 0.479 e. The fraction of sp³-hybridized carbons (Fsp3) is 0.333. The topological polar surface area (TPSA) is 66.8 Å². The fourth-order valence-corrected chi connectivity index (χ4v) is 2.15. The van der Waals surface area contributed by atoms with Gasteiger partial charge in [0.2, 0.25) is 0 Å². The summed E-state index contributed by atoms with van der Waals surface area (Å²) in [6.45, 7) is 0.362. The van der Waals surface area contributed by atoms with Gasteiger partial charge >= 0.3 is 12.1 Å². The molecule has 0 aliphatic carbocycles. The van der Waals surface area contributed by atoms with Gasteiger partial charge in [0.15, 0.2) is 6.04 Å². The Bertz CT molecular complexity index is 458. The molecule has 1 aliphatic rings. The van der Waals surface area contributed by atoms with Gasteiger partial charge in [-0.05, 0) is 17.5 Å². The van der Waals surface area contributed by atoms with Crippen LogP contribution in [0, 0.1) is 0 Å². The molecule has 0 spiro atoms. The maximum Gasteiger partial charge on any atom is 0.410 e.